The SMILES string of the molecule is CC1(C)CCC(O)(CNC(=O)c2ccccn2)CC1. The fourth-order valence-electron chi connectivity index (χ4n) is 2.40. The van der Waals surface area contributed by atoms with Crippen molar-refractivity contribution in [1.82, 2.24) is 10.3 Å². The highest BCUT2D eigenvalue weighted by molar-refractivity contribution is 5.92. The molecule has 1 aliphatic rings. The van der Waals surface area contributed by atoms with Crippen molar-refractivity contribution in [2.75, 3.05) is 6.54 Å². The van der Waals surface area contributed by atoms with Gasteiger partial charge in [0.15, 0.2) is 0 Å². The summed E-state index contributed by atoms with van der Waals surface area (Å²) in [5, 5.41) is 13.2. The Morgan fingerprint density at radius 1 is 1.32 bits per heavy atom. The van der Waals surface area contributed by atoms with E-state index in [2.05, 4.69) is 24.1 Å². The summed E-state index contributed by atoms with van der Waals surface area (Å²) in [6.07, 6.45) is 5.05. The number of aliphatic hydroxyl groups is 1. The Bertz CT molecular complexity index is 433. The number of hydrogen-bond acceptors (Lipinski definition) is 3. The number of pyridine rings is 1. The minimum absolute atomic E-state index is 0.223. The molecule has 0 aliphatic heterocycles. The number of aromatic nitrogens is 1. The van der Waals surface area contributed by atoms with E-state index in [9.17, 15) is 9.90 Å². The van der Waals surface area contributed by atoms with Gasteiger partial charge in [-0.2, -0.15) is 0 Å². The van der Waals surface area contributed by atoms with Crippen molar-refractivity contribution < 1.29 is 9.90 Å². The molecule has 1 aromatic rings. The highest BCUT2D eigenvalue weighted by Gasteiger charge is 2.36. The van der Waals surface area contributed by atoms with E-state index in [1.807, 2.05) is 0 Å². The minimum atomic E-state index is -0.764. The van der Waals surface area contributed by atoms with Gasteiger partial charge in [0.05, 0.1) is 5.60 Å². The first-order chi connectivity index (χ1) is 8.90. The summed E-state index contributed by atoms with van der Waals surface area (Å²) in [4.78, 5) is 15.9. The van der Waals surface area contributed by atoms with E-state index >= 15 is 0 Å². The molecule has 0 bridgehead atoms. The topological polar surface area (TPSA) is 62.2 Å². The van der Waals surface area contributed by atoms with Gasteiger partial charge in [0.1, 0.15) is 5.69 Å². The molecule has 2 N–H and O–H groups in total. The fraction of sp³-hybridized carbons (Fsp3) is 0.600. The Morgan fingerprint density at radius 2 is 2.00 bits per heavy atom. The maximum Gasteiger partial charge on any atom is 0.269 e. The number of nitrogens with zero attached hydrogens (tertiary/aromatic N) is 1. The first-order valence-corrected chi connectivity index (χ1v) is 6.82. The van der Waals surface area contributed by atoms with E-state index in [0.29, 0.717) is 17.7 Å². The molecule has 0 radical (unpaired) electrons. The predicted octanol–water partition coefficient (Wildman–Crippen LogP) is 2.14. The van der Waals surface area contributed by atoms with Gasteiger partial charge in [-0.3, -0.25) is 9.78 Å². The number of amides is 1. The smallest absolute Gasteiger partial charge is 0.269 e. The van der Waals surface area contributed by atoms with Crippen molar-refractivity contribution in [3.8, 4) is 0 Å². The van der Waals surface area contributed by atoms with Crippen LogP contribution in [-0.2, 0) is 0 Å². The van der Waals surface area contributed by atoms with Crippen molar-refractivity contribution in [2.45, 2.75) is 45.1 Å². The molecule has 1 saturated carbocycles. The van der Waals surface area contributed by atoms with Crippen LogP contribution in [0.15, 0.2) is 24.4 Å². The average molecular weight is 262 g/mol. The minimum Gasteiger partial charge on any atom is -0.388 e. The van der Waals surface area contributed by atoms with E-state index in [-0.39, 0.29) is 5.91 Å². The molecule has 1 amide bonds. The molecule has 4 nitrogen and oxygen atoms in total. The van der Waals surface area contributed by atoms with Gasteiger partial charge in [0.2, 0.25) is 0 Å². The van der Waals surface area contributed by atoms with Crippen LogP contribution in [0.3, 0.4) is 0 Å². The number of hydrogen-bond donors (Lipinski definition) is 2. The zero-order valence-electron chi connectivity index (χ0n) is 11.6. The lowest BCUT2D eigenvalue weighted by Crippen LogP contribution is -2.46. The van der Waals surface area contributed by atoms with Gasteiger partial charge < -0.3 is 10.4 Å². The summed E-state index contributed by atoms with van der Waals surface area (Å²) < 4.78 is 0. The molecule has 4 heteroatoms. The Hall–Kier alpha value is -1.42. The molecule has 0 unspecified atom stereocenters. The van der Waals surface area contributed by atoms with E-state index in [4.69, 9.17) is 0 Å². The van der Waals surface area contributed by atoms with Crippen LogP contribution in [-0.4, -0.2) is 28.1 Å². The zero-order chi connectivity index (χ0) is 13.9. The van der Waals surface area contributed by atoms with Gasteiger partial charge in [-0.25, -0.2) is 0 Å². The quantitative estimate of drug-likeness (QED) is 0.877. The second kappa shape index (κ2) is 5.29. The van der Waals surface area contributed by atoms with Crippen LogP contribution in [0.1, 0.15) is 50.0 Å². The molecule has 1 heterocycles. The van der Waals surface area contributed by atoms with Gasteiger partial charge in [-0.1, -0.05) is 19.9 Å². The molecule has 1 aromatic heterocycles. The third-order valence-corrected chi connectivity index (χ3v) is 4.01. The van der Waals surface area contributed by atoms with Crippen LogP contribution in [0.25, 0.3) is 0 Å². The molecule has 104 valence electrons. The first kappa shape index (κ1) is 14.0. The lowest BCUT2D eigenvalue weighted by atomic mass is 9.71. The molecular formula is C15H22N2O2. The van der Waals surface area contributed by atoms with Crippen molar-refractivity contribution >= 4 is 5.91 Å². The van der Waals surface area contributed by atoms with Crippen molar-refractivity contribution in [3.63, 3.8) is 0 Å². The predicted molar refractivity (Wildman–Crippen MR) is 73.8 cm³/mol. The monoisotopic (exact) mass is 262 g/mol. The Labute approximate surface area is 114 Å². The van der Waals surface area contributed by atoms with E-state index in [1.54, 1.807) is 24.4 Å². The summed E-state index contributed by atoms with van der Waals surface area (Å²) in [6.45, 7) is 4.75. The average Bonchev–Trinajstić information content (AvgIpc) is 2.41. The molecule has 19 heavy (non-hydrogen) atoms. The number of nitrogens with one attached hydrogen (secondary N) is 1. The Balaban J connectivity index is 1.87. The summed E-state index contributed by atoms with van der Waals surface area (Å²) in [6, 6.07) is 5.22. The molecule has 2 rings (SSSR count). The maximum absolute atomic E-state index is 11.9. The summed E-state index contributed by atoms with van der Waals surface area (Å²) in [5.41, 5.74) is -0.0702. The zero-order valence-corrected chi connectivity index (χ0v) is 11.6. The van der Waals surface area contributed by atoms with Gasteiger partial charge in [0, 0.05) is 12.7 Å². The normalized spacial score (nSPS) is 20.8. The molecule has 1 aliphatic carbocycles. The fourth-order valence-corrected chi connectivity index (χ4v) is 2.40. The molecule has 0 aromatic carbocycles. The van der Waals surface area contributed by atoms with Crippen molar-refractivity contribution in [2.24, 2.45) is 5.41 Å². The third-order valence-electron chi connectivity index (χ3n) is 4.01. The van der Waals surface area contributed by atoms with Crippen LogP contribution >= 0.6 is 0 Å². The highest BCUT2D eigenvalue weighted by Crippen LogP contribution is 2.39. The highest BCUT2D eigenvalue weighted by atomic mass is 16.3. The second-order valence-electron chi connectivity index (χ2n) is 6.29. The van der Waals surface area contributed by atoms with Crippen molar-refractivity contribution in [1.29, 1.82) is 0 Å². The van der Waals surface area contributed by atoms with Crippen LogP contribution in [0, 0.1) is 5.41 Å². The van der Waals surface area contributed by atoms with Crippen LogP contribution in [0.2, 0.25) is 0 Å². The number of carbonyl (C=O) groups excluding carboxylic acids is 1. The van der Waals surface area contributed by atoms with Crippen LogP contribution < -0.4 is 5.32 Å². The first-order valence-electron chi connectivity index (χ1n) is 6.82. The standard InChI is InChI=1S/C15H22N2O2/c1-14(2)6-8-15(19,9-7-14)11-17-13(18)12-5-3-4-10-16-12/h3-5,10,19H,6-9,11H2,1-2H3,(H,17,18). The van der Waals surface area contributed by atoms with E-state index in [1.165, 1.54) is 0 Å². The van der Waals surface area contributed by atoms with E-state index in [0.717, 1.165) is 25.7 Å². The summed E-state index contributed by atoms with van der Waals surface area (Å²) in [5.74, 6) is -0.223. The maximum atomic E-state index is 11.9. The molecular weight excluding hydrogens is 240 g/mol. The summed E-state index contributed by atoms with van der Waals surface area (Å²) >= 11 is 0. The summed E-state index contributed by atoms with van der Waals surface area (Å²) in [7, 11) is 0. The molecule has 0 spiro atoms. The number of carbonyl (C=O) groups is 1. The Morgan fingerprint density at radius 3 is 2.58 bits per heavy atom. The van der Waals surface area contributed by atoms with Gasteiger partial charge >= 0.3 is 0 Å². The molecule has 0 atom stereocenters. The van der Waals surface area contributed by atoms with E-state index < -0.39 is 5.60 Å². The lowest BCUT2D eigenvalue weighted by Gasteiger charge is -2.40. The van der Waals surface area contributed by atoms with Crippen LogP contribution in [0.5, 0.6) is 0 Å². The third kappa shape index (κ3) is 3.77. The largest absolute Gasteiger partial charge is 0.388 e. The van der Waals surface area contributed by atoms with Crippen LogP contribution in [0.4, 0.5) is 0 Å². The molecule has 0 saturated heterocycles. The van der Waals surface area contributed by atoms with Gasteiger partial charge in [-0.05, 0) is 43.2 Å². The lowest BCUT2D eigenvalue weighted by molar-refractivity contribution is -0.0233. The number of rotatable bonds is 3. The van der Waals surface area contributed by atoms with Gasteiger partial charge in [-0.15, -0.1) is 0 Å². The molecule has 1 fully saturated rings. The van der Waals surface area contributed by atoms with Gasteiger partial charge in [0.25, 0.3) is 5.91 Å². The second-order valence-corrected chi connectivity index (χ2v) is 6.29. The Kier molecular flexibility index (Phi) is 3.90. The van der Waals surface area contributed by atoms with Crippen molar-refractivity contribution in [3.05, 3.63) is 30.1 Å².